The van der Waals surface area contributed by atoms with E-state index < -0.39 is 0 Å². The van der Waals surface area contributed by atoms with Crippen LogP contribution in [0.25, 0.3) is 34.8 Å². The number of carbonyl (C=O) groups excluding carboxylic acids is 1. The molecule has 32 heavy (non-hydrogen) atoms. The molecule has 0 atom stereocenters. The van der Waals surface area contributed by atoms with Crippen molar-refractivity contribution in [3.63, 3.8) is 0 Å². The van der Waals surface area contributed by atoms with E-state index in [4.69, 9.17) is 8.83 Å². The normalized spacial score (nSPS) is 17.1. The molecule has 0 N–H and O–H groups in total. The van der Waals surface area contributed by atoms with Gasteiger partial charge in [-0.15, -0.1) is 0 Å². The molecule has 1 aliphatic carbocycles. The number of furan rings is 2. The van der Waals surface area contributed by atoms with Gasteiger partial charge in [-0.3, -0.25) is 4.79 Å². The second-order valence-corrected chi connectivity index (χ2v) is 8.01. The highest BCUT2D eigenvalue weighted by Crippen LogP contribution is 2.30. The third-order valence-corrected chi connectivity index (χ3v) is 5.73. The minimum absolute atomic E-state index is 0.0813. The molecule has 1 fully saturated rings. The van der Waals surface area contributed by atoms with Crippen LogP contribution in [0.5, 0.6) is 0 Å². The van der Waals surface area contributed by atoms with E-state index in [1.54, 1.807) is 0 Å². The summed E-state index contributed by atoms with van der Waals surface area (Å²) in [6, 6.07) is 27.7. The number of hydrogen-bond donors (Lipinski definition) is 0. The van der Waals surface area contributed by atoms with E-state index in [1.165, 1.54) is 0 Å². The number of allylic oxidation sites excluding steroid dienone is 2. The summed E-state index contributed by atoms with van der Waals surface area (Å²) < 4.78 is 12.0. The van der Waals surface area contributed by atoms with E-state index in [2.05, 4.69) is 0 Å². The Morgan fingerprint density at radius 3 is 1.44 bits per heavy atom. The lowest BCUT2D eigenvalue weighted by Gasteiger charge is -2.04. The average molecular weight is 421 g/mol. The van der Waals surface area contributed by atoms with Gasteiger partial charge in [-0.25, -0.2) is 0 Å². The van der Waals surface area contributed by atoms with Crippen LogP contribution in [-0.4, -0.2) is 5.78 Å². The number of benzene rings is 2. The zero-order chi connectivity index (χ0) is 21.8. The first-order valence-corrected chi connectivity index (χ1v) is 11.0. The van der Waals surface area contributed by atoms with Gasteiger partial charge in [0.2, 0.25) is 0 Å². The van der Waals surface area contributed by atoms with Crippen molar-refractivity contribution >= 4 is 17.9 Å². The molecular weight excluding hydrogens is 396 g/mol. The molecule has 2 aromatic carbocycles. The Morgan fingerprint density at radius 1 is 0.562 bits per heavy atom. The zero-order valence-corrected chi connectivity index (χ0v) is 17.8. The Balaban J connectivity index is 1.40. The smallest absolute Gasteiger partial charge is 0.185 e. The van der Waals surface area contributed by atoms with Crippen LogP contribution >= 0.6 is 0 Å². The molecule has 0 spiro atoms. The largest absolute Gasteiger partial charge is 0.457 e. The molecule has 0 radical (unpaired) electrons. The predicted molar refractivity (Wildman–Crippen MR) is 128 cm³/mol. The molecular formula is C29H24O3. The minimum atomic E-state index is 0.0813. The van der Waals surface area contributed by atoms with Crippen LogP contribution in [0.4, 0.5) is 0 Å². The van der Waals surface area contributed by atoms with Gasteiger partial charge in [0.15, 0.2) is 5.78 Å². The van der Waals surface area contributed by atoms with Gasteiger partial charge < -0.3 is 8.83 Å². The number of hydrogen-bond acceptors (Lipinski definition) is 3. The van der Waals surface area contributed by atoms with Gasteiger partial charge in [0.25, 0.3) is 0 Å². The fourth-order valence-electron chi connectivity index (χ4n) is 4.06. The first kappa shape index (κ1) is 20.1. The first-order valence-electron chi connectivity index (χ1n) is 11.0. The summed E-state index contributed by atoms with van der Waals surface area (Å²) in [5.74, 6) is 3.10. The van der Waals surface area contributed by atoms with Gasteiger partial charge in [-0.1, -0.05) is 60.7 Å². The summed E-state index contributed by atoms with van der Waals surface area (Å²) >= 11 is 0. The van der Waals surface area contributed by atoms with E-state index in [0.717, 1.165) is 59.5 Å². The molecule has 5 rings (SSSR count). The molecule has 4 aromatic rings. The van der Waals surface area contributed by atoms with Crippen LogP contribution in [0.1, 0.15) is 37.2 Å². The van der Waals surface area contributed by atoms with E-state index >= 15 is 0 Å². The maximum atomic E-state index is 13.3. The molecule has 1 saturated carbocycles. The van der Waals surface area contributed by atoms with Crippen LogP contribution < -0.4 is 0 Å². The second kappa shape index (κ2) is 9.11. The Kier molecular flexibility index (Phi) is 5.71. The highest BCUT2D eigenvalue weighted by Gasteiger charge is 2.20. The zero-order valence-electron chi connectivity index (χ0n) is 17.8. The summed E-state index contributed by atoms with van der Waals surface area (Å²) in [5, 5.41) is 0. The fraction of sp³-hybridized carbons (Fsp3) is 0.138. The lowest BCUT2D eigenvalue weighted by molar-refractivity contribution is -0.112. The van der Waals surface area contributed by atoms with Gasteiger partial charge in [-0.05, 0) is 62.1 Å². The van der Waals surface area contributed by atoms with Crippen molar-refractivity contribution in [3.05, 3.63) is 108 Å². The molecule has 0 saturated heterocycles. The number of carbonyl (C=O) groups is 1. The van der Waals surface area contributed by atoms with Crippen molar-refractivity contribution in [1.29, 1.82) is 0 Å². The quantitative estimate of drug-likeness (QED) is 0.250. The summed E-state index contributed by atoms with van der Waals surface area (Å²) in [6.45, 7) is 0. The molecule has 0 bridgehead atoms. The highest BCUT2D eigenvalue weighted by atomic mass is 16.3. The third-order valence-electron chi connectivity index (χ3n) is 5.73. The van der Waals surface area contributed by atoms with Crippen LogP contribution in [-0.2, 0) is 4.79 Å². The Bertz CT molecular complexity index is 1170. The lowest BCUT2D eigenvalue weighted by Crippen LogP contribution is -2.03. The molecule has 2 aromatic heterocycles. The van der Waals surface area contributed by atoms with Gasteiger partial charge in [-0.2, -0.15) is 0 Å². The van der Waals surface area contributed by atoms with E-state index in [1.807, 2.05) is 97.1 Å². The first-order chi connectivity index (χ1) is 15.8. The highest BCUT2D eigenvalue weighted by molar-refractivity contribution is 6.13. The predicted octanol–water partition coefficient (Wildman–Crippen LogP) is 7.82. The summed E-state index contributed by atoms with van der Waals surface area (Å²) in [6.07, 6.45) is 7.26. The van der Waals surface area contributed by atoms with Gasteiger partial charge in [0, 0.05) is 22.3 Å². The molecule has 0 unspecified atom stereocenters. The molecule has 3 heteroatoms. The van der Waals surface area contributed by atoms with Crippen LogP contribution in [0.2, 0.25) is 0 Å². The summed E-state index contributed by atoms with van der Waals surface area (Å²) in [5.41, 5.74) is 3.63. The number of rotatable bonds is 4. The molecule has 158 valence electrons. The van der Waals surface area contributed by atoms with Crippen molar-refractivity contribution in [1.82, 2.24) is 0 Å². The van der Waals surface area contributed by atoms with Crippen LogP contribution in [0.3, 0.4) is 0 Å². The monoisotopic (exact) mass is 420 g/mol. The Morgan fingerprint density at radius 2 is 1.00 bits per heavy atom. The molecule has 0 aliphatic heterocycles. The standard InChI is InChI=1S/C29H24O3/c30-29-23(19-25-15-17-27(31-25)21-9-3-1-4-10-21)13-7-8-14-24(29)20-26-16-18-28(32-26)22-11-5-2-6-12-22/h1-6,9-12,15-20H,7-8,13-14H2. The van der Waals surface area contributed by atoms with Crippen LogP contribution in [0, 0.1) is 0 Å². The van der Waals surface area contributed by atoms with Crippen molar-refractivity contribution in [2.24, 2.45) is 0 Å². The van der Waals surface area contributed by atoms with Crippen molar-refractivity contribution in [3.8, 4) is 22.6 Å². The minimum Gasteiger partial charge on any atom is -0.457 e. The SMILES string of the molecule is O=C1C(=Cc2ccc(-c3ccccc3)o2)CCCCC1=Cc1ccc(-c2ccccc2)o1. The summed E-state index contributed by atoms with van der Waals surface area (Å²) in [7, 11) is 0. The van der Waals surface area contributed by atoms with Crippen molar-refractivity contribution in [2.45, 2.75) is 25.7 Å². The van der Waals surface area contributed by atoms with E-state index in [-0.39, 0.29) is 5.78 Å². The van der Waals surface area contributed by atoms with Crippen molar-refractivity contribution < 1.29 is 13.6 Å². The Hall–Kier alpha value is -3.85. The second-order valence-electron chi connectivity index (χ2n) is 8.01. The average Bonchev–Trinajstić information content (AvgIpc) is 3.47. The molecule has 3 nitrogen and oxygen atoms in total. The van der Waals surface area contributed by atoms with Crippen molar-refractivity contribution in [2.75, 3.05) is 0 Å². The maximum Gasteiger partial charge on any atom is 0.185 e. The topological polar surface area (TPSA) is 43.4 Å². The number of Topliss-reactive ketones (excluding diaryl/α,β-unsaturated/α-hetero) is 1. The Labute approximate surface area is 187 Å². The molecule has 0 amide bonds. The maximum absolute atomic E-state index is 13.3. The number of ketones is 1. The summed E-state index contributed by atoms with van der Waals surface area (Å²) in [4.78, 5) is 13.3. The van der Waals surface area contributed by atoms with Gasteiger partial charge in [0.1, 0.15) is 23.0 Å². The van der Waals surface area contributed by atoms with E-state index in [0.29, 0.717) is 11.5 Å². The lowest BCUT2D eigenvalue weighted by atomic mass is 10.0. The fourth-order valence-corrected chi connectivity index (χ4v) is 4.06. The van der Waals surface area contributed by atoms with E-state index in [9.17, 15) is 4.79 Å². The van der Waals surface area contributed by atoms with Gasteiger partial charge in [0.05, 0.1) is 0 Å². The third kappa shape index (κ3) is 4.42. The van der Waals surface area contributed by atoms with Gasteiger partial charge >= 0.3 is 0 Å². The molecule has 2 heterocycles. The molecule has 1 aliphatic rings. The van der Waals surface area contributed by atoms with Crippen LogP contribution in [0.15, 0.2) is 105 Å².